The lowest BCUT2D eigenvalue weighted by molar-refractivity contribution is 0.326. The van der Waals surface area contributed by atoms with Crippen LogP contribution < -0.4 is 0 Å². The third-order valence-electron chi connectivity index (χ3n) is 1.71. The molecule has 0 N–H and O–H groups in total. The van der Waals surface area contributed by atoms with Crippen LogP contribution in [0.3, 0.4) is 0 Å². The summed E-state index contributed by atoms with van der Waals surface area (Å²) < 4.78 is 23.8. The van der Waals surface area contributed by atoms with Gasteiger partial charge in [-0.3, -0.25) is 0 Å². The van der Waals surface area contributed by atoms with Crippen LogP contribution in [0.15, 0.2) is 11.2 Å². The first-order valence-corrected chi connectivity index (χ1v) is 6.42. The first-order chi connectivity index (χ1) is 6.68. The van der Waals surface area contributed by atoms with Crippen molar-refractivity contribution in [3.8, 4) is 6.07 Å². The van der Waals surface area contributed by atoms with Gasteiger partial charge in [0.15, 0.2) is 5.03 Å². The molecule has 0 aromatic carbocycles. The van der Waals surface area contributed by atoms with E-state index in [1.54, 1.807) is 26.8 Å². The van der Waals surface area contributed by atoms with Crippen molar-refractivity contribution in [2.45, 2.75) is 31.3 Å². The van der Waals surface area contributed by atoms with Crippen molar-refractivity contribution < 1.29 is 8.42 Å². The zero-order valence-corrected chi connectivity index (χ0v) is 10.1. The van der Waals surface area contributed by atoms with Gasteiger partial charge in [-0.05, 0) is 20.8 Å². The summed E-state index contributed by atoms with van der Waals surface area (Å²) in [5.41, 5.74) is -0.591. The van der Waals surface area contributed by atoms with Crippen LogP contribution in [-0.4, -0.2) is 18.2 Å². The summed E-state index contributed by atoms with van der Waals surface area (Å²) >= 11 is 0. The van der Waals surface area contributed by atoms with E-state index in [1.165, 1.54) is 10.9 Å². The van der Waals surface area contributed by atoms with Crippen LogP contribution >= 0.6 is 10.7 Å². The summed E-state index contributed by atoms with van der Waals surface area (Å²) in [5, 5.41) is 12.3. The van der Waals surface area contributed by atoms with E-state index in [1.807, 2.05) is 0 Å². The molecule has 5 nitrogen and oxygen atoms in total. The van der Waals surface area contributed by atoms with Crippen molar-refractivity contribution in [1.82, 2.24) is 9.78 Å². The second kappa shape index (κ2) is 3.51. The molecule has 7 heteroatoms. The lowest BCUT2D eigenvalue weighted by Gasteiger charge is -2.20. The molecule has 0 amide bonds. The lowest BCUT2D eigenvalue weighted by atomic mass is 10.1. The molecule has 1 aromatic heterocycles. The molecule has 0 radical (unpaired) electrons. The highest BCUT2D eigenvalue weighted by molar-refractivity contribution is 8.13. The fourth-order valence-electron chi connectivity index (χ4n) is 1.13. The van der Waals surface area contributed by atoms with E-state index in [-0.39, 0.29) is 10.6 Å². The Morgan fingerprint density at radius 1 is 1.53 bits per heavy atom. The molecule has 0 fully saturated rings. The predicted molar refractivity (Wildman–Crippen MR) is 55.0 cm³/mol. The third-order valence-corrected chi connectivity index (χ3v) is 3.01. The number of nitrogens with zero attached hydrogens (tertiary/aromatic N) is 3. The quantitative estimate of drug-likeness (QED) is 0.704. The molecule has 0 spiro atoms. The molecule has 0 saturated heterocycles. The van der Waals surface area contributed by atoms with E-state index in [0.29, 0.717) is 0 Å². The molecule has 0 aliphatic heterocycles. The highest BCUT2D eigenvalue weighted by atomic mass is 35.7. The topological polar surface area (TPSA) is 75.8 Å². The number of rotatable bonds is 1. The first-order valence-electron chi connectivity index (χ1n) is 4.11. The van der Waals surface area contributed by atoms with Gasteiger partial charge < -0.3 is 0 Å². The SMILES string of the molecule is CC(C)(C)n1ncc(C#N)c1S(=O)(=O)Cl. The molecule has 0 aliphatic carbocycles. The van der Waals surface area contributed by atoms with Crippen LogP contribution in [0, 0.1) is 11.3 Å². The second-order valence-corrected chi connectivity index (χ2v) is 6.48. The Labute approximate surface area is 92.7 Å². The molecule has 0 atom stereocenters. The van der Waals surface area contributed by atoms with E-state index in [4.69, 9.17) is 15.9 Å². The summed E-state index contributed by atoms with van der Waals surface area (Å²) in [6.07, 6.45) is 1.19. The molecule has 1 aromatic rings. The molecule has 0 unspecified atom stereocenters. The van der Waals surface area contributed by atoms with Gasteiger partial charge in [0, 0.05) is 10.7 Å². The zero-order chi connectivity index (χ0) is 11.9. The van der Waals surface area contributed by atoms with Crippen LogP contribution in [0.25, 0.3) is 0 Å². The Balaban J connectivity index is 3.61. The molecule has 0 aliphatic rings. The van der Waals surface area contributed by atoms with Gasteiger partial charge in [0.05, 0.1) is 11.7 Å². The maximum Gasteiger partial charge on any atom is 0.279 e. The van der Waals surface area contributed by atoms with Crippen LogP contribution in [0.2, 0.25) is 0 Å². The molecule has 0 bridgehead atoms. The molecule has 0 saturated carbocycles. The minimum Gasteiger partial charge on any atom is -0.247 e. The molecule has 1 heterocycles. The van der Waals surface area contributed by atoms with Crippen molar-refractivity contribution in [3.05, 3.63) is 11.8 Å². The van der Waals surface area contributed by atoms with Gasteiger partial charge in [0.2, 0.25) is 0 Å². The fourth-order valence-corrected chi connectivity index (χ4v) is 2.46. The van der Waals surface area contributed by atoms with Gasteiger partial charge >= 0.3 is 0 Å². The molecular formula is C8H10ClN3O2S. The Hall–Kier alpha value is -1.06. The van der Waals surface area contributed by atoms with E-state index < -0.39 is 14.6 Å². The van der Waals surface area contributed by atoms with E-state index >= 15 is 0 Å². The number of hydrogen-bond donors (Lipinski definition) is 0. The van der Waals surface area contributed by atoms with E-state index in [9.17, 15) is 8.42 Å². The fraction of sp³-hybridized carbons (Fsp3) is 0.500. The highest BCUT2D eigenvalue weighted by Gasteiger charge is 2.28. The third kappa shape index (κ3) is 2.30. The second-order valence-electron chi connectivity index (χ2n) is 4.00. The average Bonchev–Trinajstić information content (AvgIpc) is 2.44. The van der Waals surface area contributed by atoms with Gasteiger partial charge in [-0.25, -0.2) is 13.1 Å². The van der Waals surface area contributed by atoms with Gasteiger partial charge in [-0.2, -0.15) is 10.4 Å². The summed E-state index contributed by atoms with van der Waals surface area (Å²) in [5.74, 6) is 0. The smallest absolute Gasteiger partial charge is 0.247 e. The van der Waals surface area contributed by atoms with Crippen LogP contribution in [0.1, 0.15) is 26.3 Å². The van der Waals surface area contributed by atoms with Gasteiger partial charge in [0.25, 0.3) is 9.05 Å². The molecule has 82 valence electrons. The minimum absolute atomic E-state index is 0.0417. The van der Waals surface area contributed by atoms with E-state index in [0.717, 1.165) is 0 Å². The maximum absolute atomic E-state index is 11.3. The maximum atomic E-state index is 11.3. The van der Waals surface area contributed by atoms with Crippen LogP contribution in [0.4, 0.5) is 0 Å². The largest absolute Gasteiger partial charge is 0.279 e. The molecule has 15 heavy (non-hydrogen) atoms. The number of aromatic nitrogens is 2. The van der Waals surface area contributed by atoms with Crippen molar-refractivity contribution in [2.75, 3.05) is 0 Å². The number of nitriles is 1. The Kier molecular flexibility index (Phi) is 2.81. The van der Waals surface area contributed by atoms with Gasteiger partial charge in [-0.15, -0.1) is 0 Å². The van der Waals surface area contributed by atoms with E-state index in [2.05, 4.69) is 5.10 Å². The van der Waals surface area contributed by atoms with Crippen LogP contribution in [0.5, 0.6) is 0 Å². The Bertz CT molecular complexity index is 519. The Morgan fingerprint density at radius 3 is 2.40 bits per heavy atom. The normalized spacial score (nSPS) is 12.5. The monoisotopic (exact) mass is 247 g/mol. The van der Waals surface area contributed by atoms with Crippen molar-refractivity contribution >= 4 is 19.7 Å². The zero-order valence-electron chi connectivity index (χ0n) is 8.52. The summed E-state index contributed by atoms with van der Waals surface area (Å²) in [6, 6.07) is 1.75. The summed E-state index contributed by atoms with van der Waals surface area (Å²) in [4.78, 5) is 0. The predicted octanol–water partition coefficient (Wildman–Crippen LogP) is 1.44. The summed E-state index contributed by atoms with van der Waals surface area (Å²) in [6.45, 7) is 5.31. The van der Waals surface area contributed by atoms with Crippen molar-refractivity contribution in [3.63, 3.8) is 0 Å². The first kappa shape index (κ1) is 12.0. The standard InChI is InChI=1S/C8H10ClN3O2S/c1-8(2,3)12-7(15(9,13)14)6(4-10)5-11-12/h5H,1-3H3. The average molecular weight is 248 g/mol. The van der Waals surface area contributed by atoms with Gasteiger partial charge in [0.1, 0.15) is 11.6 Å². The minimum atomic E-state index is -3.97. The highest BCUT2D eigenvalue weighted by Crippen LogP contribution is 2.25. The Morgan fingerprint density at radius 2 is 2.07 bits per heavy atom. The summed E-state index contributed by atoms with van der Waals surface area (Å²) in [7, 11) is 1.29. The van der Waals surface area contributed by atoms with Crippen molar-refractivity contribution in [1.29, 1.82) is 5.26 Å². The molecular weight excluding hydrogens is 238 g/mol. The van der Waals surface area contributed by atoms with Crippen LogP contribution in [-0.2, 0) is 14.6 Å². The van der Waals surface area contributed by atoms with Crippen molar-refractivity contribution in [2.24, 2.45) is 0 Å². The lowest BCUT2D eigenvalue weighted by Crippen LogP contribution is -2.26. The molecule has 1 rings (SSSR count). The number of hydrogen-bond acceptors (Lipinski definition) is 4. The number of halogens is 1. The van der Waals surface area contributed by atoms with Gasteiger partial charge in [-0.1, -0.05) is 0 Å².